The van der Waals surface area contributed by atoms with E-state index in [1.54, 1.807) is 6.07 Å². The SMILES string of the molecule is CN(C)Cc1ccc(N=C(c2ccc(CCC(=O)N3CCN(C)CC3)cc2)C2C(=O)Nc3cc(F)ccc32)cc1. The molecular formula is C32H36FN5O2. The molecule has 0 aliphatic carbocycles. The number of fused-ring (bicyclic) bond motifs is 1. The molecule has 208 valence electrons. The molecule has 5 rings (SSSR count). The van der Waals surface area contributed by atoms with Crippen molar-refractivity contribution in [2.24, 2.45) is 4.99 Å². The van der Waals surface area contributed by atoms with Gasteiger partial charge in [-0.05, 0) is 74.1 Å². The summed E-state index contributed by atoms with van der Waals surface area (Å²) < 4.78 is 13.9. The smallest absolute Gasteiger partial charge is 0.238 e. The van der Waals surface area contributed by atoms with Gasteiger partial charge in [-0.3, -0.25) is 14.6 Å². The van der Waals surface area contributed by atoms with Crippen molar-refractivity contribution >= 4 is 28.9 Å². The first-order valence-corrected chi connectivity index (χ1v) is 13.7. The van der Waals surface area contributed by atoms with Gasteiger partial charge >= 0.3 is 0 Å². The fourth-order valence-electron chi connectivity index (χ4n) is 5.29. The summed E-state index contributed by atoms with van der Waals surface area (Å²) in [4.78, 5) is 37.1. The number of benzene rings is 3. The van der Waals surface area contributed by atoms with Crippen LogP contribution in [0.15, 0.2) is 71.7 Å². The molecule has 0 aromatic heterocycles. The lowest BCUT2D eigenvalue weighted by Crippen LogP contribution is -2.47. The molecule has 2 heterocycles. The Bertz CT molecular complexity index is 1390. The molecule has 0 bridgehead atoms. The van der Waals surface area contributed by atoms with E-state index in [2.05, 4.69) is 22.2 Å². The molecule has 1 saturated heterocycles. The van der Waals surface area contributed by atoms with Gasteiger partial charge in [0.05, 0.1) is 11.4 Å². The van der Waals surface area contributed by atoms with Crippen LogP contribution in [0, 0.1) is 5.82 Å². The molecule has 40 heavy (non-hydrogen) atoms. The number of anilines is 1. The second-order valence-electron chi connectivity index (χ2n) is 10.9. The van der Waals surface area contributed by atoms with Crippen LogP contribution in [0.4, 0.5) is 15.8 Å². The molecule has 1 fully saturated rings. The molecule has 7 nitrogen and oxygen atoms in total. The summed E-state index contributed by atoms with van der Waals surface area (Å²) in [6, 6.07) is 20.3. The van der Waals surface area contributed by atoms with Crippen molar-refractivity contribution in [1.82, 2.24) is 14.7 Å². The molecular weight excluding hydrogens is 505 g/mol. The van der Waals surface area contributed by atoms with Gasteiger partial charge < -0.3 is 20.0 Å². The van der Waals surface area contributed by atoms with Crippen LogP contribution in [0.1, 0.15) is 34.6 Å². The molecule has 8 heteroatoms. The molecule has 1 N–H and O–H groups in total. The molecule has 2 aliphatic heterocycles. The van der Waals surface area contributed by atoms with Crippen LogP contribution >= 0.6 is 0 Å². The van der Waals surface area contributed by atoms with Crippen LogP contribution in [0.5, 0.6) is 0 Å². The van der Waals surface area contributed by atoms with E-state index in [0.717, 1.165) is 49.5 Å². The third-order valence-corrected chi connectivity index (χ3v) is 7.54. The first-order chi connectivity index (χ1) is 19.3. The highest BCUT2D eigenvalue weighted by Gasteiger charge is 2.35. The number of amides is 2. The van der Waals surface area contributed by atoms with Crippen molar-refractivity contribution in [3.8, 4) is 0 Å². The first-order valence-electron chi connectivity index (χ1n) is 13.7. The van der Waals surface area contributed by atoms with E-state index in [-0.39, 0.29) is 11.8 Å². The van der Waals surface area contributed by atoms with Crippen LogP contribution in [-0.2, 0) is 22.6 Å². The standard InChI is InChI=1S/C32H36FN5O2/c1-36(2)21-23-6-12-26(13-7-23)34-31(30-27-14-11-25(33)20-28(27)35-32(30)40)24-9-4-22(5-10-24)8-15-29(39)38-18-16-37(3)17-19-38/h4-7,9-14,20,30H,8,15-19,21H2,1-3H3,(H,35,40). The number of aliphatic imine (C=N–C) groups is 1. The molecule has 0 spiro atoms. The zero-order valence-electron chi connectivity index (χ0n) is 23.4. The van der Waals surface area contributed by atoms with Crippen molar-refractivity contribution in [3.05, 3.63) is 94.8 Å². The topological polar surface area (TPSA) is 68.2 Å². The Kier molecular flexibility index (Phi) is 8.38. The van der Waals surface area contributed by atoms with E-state index >= 15 is 0 Å². The lowest BCUT2D eigenvalue weighted by Gasteiger charge is -2.32. The number of likely N-dealkylation sites (N-methyl/N-ethyl adjacent to an activating group) is 1. The second kappa shape index (κ2) is 12.1. The summed E-state index contributed by atoms with van der Waals surface area (Å²) in [6.07, 6.45) is 1.12. The Balaban J connectivity index is 1.39. The molecule has 3 aromatic carbocycles. The third-order valence-electron chi connectivity index (χ3n) is 7.54. The van der Waals surface area contributed by atoms with Gasteiger partial charge in [0.15, 0.2) is 0 Å². The van der Waals surface area contributed by atoms with E-state index in [4.69, 9.17) is 4.99 Å². The van der Waals surface area contributed by atoms with Crippen molar-refractivity contribution in [2.45, 2.75) is 25.3 Å². The zero-order chi connectivity index (χ0) is 28.2. The molecule has 0 saturated carbocycles. The molecule has 2 amide bonds. The Labute approximate surface area is 235 Å². The van der Waals surface area contributed by atoms with Gasteiger partial charge in [-0.1, -0.05) is 42.5 Å². The number of carbonyl (C=O) groups excluding carboxylic acids is 2. The summed E-state index contributed by atoms with van der Waals surface area (Å²) in [5.74, 6) is -1.11. The summed E-state index contributed by atoms with van der Waals surface area (Å²) in [7, 11) is 6.12. The van der Waals surface area contributed by atoms with E-state index in [1.807, 2.05) is 67.5 Å². The molecule has 1 atom stereocenters. The predicted octanol–water partition coefficient (Wildman–Crippen LogP) is 4.45. The van der Waals surface area contributed by atoms with Gasteiger partial charge in [-0.15, -0.1) is 0 Å². The maximum Gasteiger partial charge on any atom is 0.238 e. The number of nitrogens with zero attached hydrogens (tertiary/aromatic N) is 4. The van der Waals surface area contributed by atoms with E-state index in [9.17, 15) is 14.0 Å². The summed E-state index contributed by atoms with van der Waals surface area (Å²) in [5.41, 5.74) is 5.55. The predicted molar refractivity (Wildman–Crippen MR) is 157 cm³/mol. The van der Waals surface area contributed by atoms with E-state index < -0.39 is 11.7 Å². The zero-order valence-corrected chi connectivity index (χ0v) is 23.4. The number of hydrogen-bond donors (Lipinski definition) is 1. The number of carbonyl (C=O) groups is 2. The lowest BCUT2D eigenvalue weighted by molar-refractivity contribution is -0.132. The highest BCUT2D eigenvalue weighted by atomic mass is 19.1. The minimum atomic E-state index is -0.665. The van der Waals surface area contributed by atoms with Gasteiger partial charge in [0.25, 0.3) is 0 Å². The van der Waals surface area contributed by atoms with Crippen LogP contribution < -0.4 is 5.32 Å². The van der Waals surface area contributed by atoms with Gasteiger partial charge in [-0.2, -0.15) is 0 Å². The van der Waals surface area contributed by atoms with Crippen molar-refractivity contribution < 1.29 is 14.0 Å². The van der Waals surface area contributed by atoms with Gasteiger partial charge in [-0.25, -0.2) is 4.39 Å². The minimum absolute atomic E-state index is 0.184. The minimum Gasteiger partial charge on any atom is -0.340 e. The Morgan fingerprint density at radius 2 is 1.65 bits per heavy atom. The first kappa shape index (κ1) is 27.7. The van der Waals surface area contributed by atoms with Crippen LogP contribution in [0.25, 0.3) is 0 Å². The van der Waals surface area contributed by atoms with Crippen molar-refractivity contribution in [2.75, 3.05) is 52.6 Å². The summed E-state index contributed by atoms with van der Waals surface area (Å²) in [5, 5.41) is 2.82. The largest absolute Gasteiger partial charge is 0.340 e. The van der Waals surface area contributed by atoms with Gasteiger partial charge in [0, 0.05) is 44.8 Å². The van der Waals surface area contributed by atoms with Crippen LogP contribution in [-0.4, -0.2) is 79.5 Å². The maximum atomic E-state index is 13.9. The highest BCUT2D eigenvalue weighted by molar-refractivity contribution is 6.24. The lowest BCUT2D eigenvalue weighted by atomic mass is 9.90. The quantitative estimate of drug-likeness (QED) is 0.428. The van der Waals surface area contributed by atoms with Crippen LogP contribution in [0.2, 0.25) is 0 Å². The third kappa shape index (κ3) is 6.46. The fourth-order valence-corrected chi connectivity index (χ4v) is 5.29. The van der Waals surface area contributed by atoms with Crippen molar-refractivity contribution in [3.63, 3.8) is 0 Å². The maximum absolute atomic E-state index is 13.9. The Morgan fingerprint density at radius 3 is 2.33 bits per heavy atom. The average molecular weight is 542 g/mol. The average Bonchev–Trinajstić information content (AvgIpc) is 3.26. The number of hydrogen-bond acceptors (Lipinski definition) is 5. The normalized spacial score (nSPS) is 17.7. The Morgan fingerprint density at radius 1 is 0.975 bits per heavy atom. The Hall–Kier alpha value is -3.88. The number of aryl methyl sites for hydroxylation is 1. The van der Waals surface area contributed by atoms with Crippen molar-refractivity contribution in [1.29, 1.82) is 0 Å². The summed E-state index contributed by atoms with van der Waals surface area (Å²) in [6.45, 7) is 4.19. The number of halogens is 1. The number of rotatable bonds is 8. The molecule has 3 aromatic rings. The van der Waals surface area contributed by atoms with E-state index in [1.165, 1.54) is 17.7 Å². The van der Waals surface area contributed by atoms with Crippen LogP contribution in [0.3, 0.4) is 0 Å². The molecule has 1 unspecified atom stereocenters. The van der Waals surface area contributed by atoms with E-state index in [0.29, 0.717) is 29.8 Å². The number of nitrogens with one attached hydrogen (secondary N) is 1. The highest BCUT2D eigenvalue weighted by Crippen LogP contribution is 2.36. The molecule has 0 radical (unpaired) electrons. The van der Waals surface area contributed by atoms with Gasteiger partial charge in [0.2, 0.25) is 11.8 Å². The second-order valence-corrected chi connectivity index (χ2v) is 10.9. The molecule has 2 aliphatic rings. The van der Waals surface area contributed by atoms with Gasteiger partial charge in [0.1, 0.15) is 11.7 Å². The monoisotopic (exact) mass is 541 g/mol. The summed E-state index contributed by atoms with van der Waals surface area (Å²) >= 11 is 0. The number of piperazine rings is 1. The fraction of sp³-hybridized carbons (Fsp3) is 0.344.